The van der Waals surface area contributed by atoms with Crippen LogP contribution < -0.4 is 0 Å². The summed E-state index contributed by atoms with van der Waals surface area (Å²) in [5.41, 5.74) is 0.553. The molecule has 0 N–H and O–H groups in total. The SMILES string of the molecule is C=C(C)C(=O)OC(C)(CCCCCCC)OC(=O)C(=C)C. The maximum absolute atomic E-state index is 11.7. The van der Waals surface area contributed by atoms with Gasteiger partial charge in [0.25, 0.3) is 5.79 Å². The van der Waals surface area contributed by atoms with E-state index >= 15 is 0 Å². The molecule has 0 radical (unpaired) electrons. The minimum Gasteiger partial charge on any atom is -0.419 e. The van der Waals surface area contributed by atoms with E-state index in [9.17, 15) is 9.59 Å². The average molecular weight is 296 g/mol. The number of carbonyl (C=O) groups is 2. The van der Waals surface area contributed by atoms with Gasteiger partial charge in [0.15, 0.2) is 0 Å². The van der Waals surface area contributed by atoms with Gasteiger partial charge in [0.05, 0.1) is 0 Å². The van der Waals surface area contributed by atoms with Crippen LogP contribution in [0.15, 0.2) is 24.3 Å². The maximum Gasteiger partial charge on any atom is 0.336 e. The molecular formula is C17H28O4. The molecule has 0 atom stereocenters. The average Bonchev–Trinajstić information content (AvgIpc) is 2.37. The third-order valence-electron chi connectivity index (χ3n) is 3.05. The lowest BCUT2D eigenvalue weighted by atomic mass is 10.1. The topological polar surface area (TPSA) is 52.6 Å². The lowest BCUT2D eigenvalue weighted by Crippen LogP contribution is -2.37. The zero-order valence-electron chi connectivity index (χ0n) is 13.8. The number of rotatable bonds is 10. The van der Waals surface area contributed by atoms with Crippen molar-refractivity contribution in [1.82, 2.24) is 0 Å². The van der Waals surface area contributed by atoms with Crippen LogP contribution in [0.1, 0.15) is 66.2 Å². The molecule has 0 saturated carbocycles. The molecule has 0 bridgehead atoms. The van der Waals surface area contributed by atoms with Gasteiger partial charge < -0.3 is 9.47 Å². The minimum absolute atomic E-state index is 0.276. The predicted molar refractivity (Wildman–Crippen MR) is 83.6 cm³/mol. The van der Waals surface area contributed by atoms with Gasteiger partial charge in [-0.3, -0.25) is 0 Å². The Kier molecular flexibility index (Phi) is 8.67. The van der Waals surface area contributed by atoms with Gasteiger partial charge >= 0.3 is 11.9 Å². The summed E-state index contributed by atoms with van der Waals surface area (Å²) < 4.78 is 10.6. The fourth-order valence-corrected chi connectivity index (χ4v) is 1.74. The van der Waals surface area contributed by atoms with Crippen molar-refractivity contribution in [2.45, 2.75) is 72.0 Å². The van der Waals surface area contributed by atoms with Crippen LogP contribution in [0.5, 0.6) is 0 Å². The molecule has 0 aromatic rings. The van der Waals surface area contributed by atoms with Crippen LogP contribution in [-0.4, -0.2) is 17.7 Å². The smallest absolute Gasteiger partial charge is 0.336 e. The van der Waals surface area contributed by atoms with Gasteiger partial charge in [-0.2, -0.15) is 0 Å². The zero-order chi connectivity index (χ0) is 16.5. The summed E-state index contributed by atoms with van der Waals surface area (Å²) in [7, 11) is 0. The molecule has 0 unspecified atom stereocenters. The van der Waals surface area contributed by atoms with E-state index < -0.39 is 17.7 Å². The highest BCUT2D eigenvalue weighted by Gasteiger charge is 2.33. The van der Waals surface area contributed by atoms with Gasteiger partial charge in [0.2, 0.25) is 0 Å². The van der Waals surface area contributed by atoms with E-state index in [0.717, 1.165) is 25.7 Å². The van der Waals surface area contributed by atoms with Gasteiger partial charge in [0, 0.05) is 24.5 Å². The summed E-state index contributed by atoms with van der Waals surface area (Å²) in [6, 6.07) is 0. The minimum atomic E-state index is -1.27. The summed E-state index contributed by atoms with van der Waals surface area (Å²) in [5.74, 6) is -2.38. The van der Waals surface area contributed by atoms with E-state index in [1.165, 1.54) is 6.42 Å². The normalized spacial score (nSPS) is 10.9. The second-order valence-corrected chi connectivity index (χ2v) is 5.64. The Bertz CT molecular complexity index is 368. The molecule has 0 rings (SSSR count). The monoisotopic (exact) mass is 296 g/mol. The van der Waals surface area contributed by atoms with Crippen molar-refractivity contribution in [3.05, 3.63) is 24.3 Å². The Morgan fingerprint density at radius 3 is 1.71 bits per heavy atom. The largest absolute Gasteiger partial charge is 0.419 e. The summed E-state index contributed by atoms with van der Waals surface area (Å²) in [6.45, 7) is 14.0. The molecule has 4 nitrogen and oxygen atoms in total. The van der Waals surface area contributed by atoms with Gasteiger partial charge in [-0.25, -0.2) is 9.59 Å². The van der Waals surface area contributed by atoms with Gasteiger partial charge in [-0.1, -0.05) is 45.8 Å². The van der Waals surface area contributed by atoms with Crippen LogP contribution in [-0.2, 0) is 19.1 Å². The Morgan fingerprint density at radius 1 is 0.905 bits per heavy atom. The summed E-state index contributed by atoms with van der Waals surface area (Å²) in [5, 5.41) is 0. The standard InChI is InChI=1S/C17H28O4/c1-7-8-9-10-11-12-17(6,20-15(18)13(2)3)21-16(19)14(4)5/h2,4,7-12H2,1,3,5-6H3. The first-order valence-electron chi connectivity index (χ1n) is 7.49. The van der Waals surface area contributed by atoms with Crippen LogP contribution in [0.4, 0.5) is 0 Å². The first-order chi connectivity index (χ1) is 9.72. The first kappa shape index (κ1) is 19.4. The van der Waals surface area contributed by atoms with E-state index in [-0.39, 0.29) is 11.1 Å². The van der Waals surface area contributed by atoms with Crippen LogP contribution in [0.25, 0.3) is 0 Å². The number of hydrogen-bond acceptors (Lipinski definition) is 4. The lowest BCUT2D eigenvalue weighted by molar-refractivity contribution is -0.219. The van der Waals surface area contributed by atoms with Gasteiger partial charge in [0.1, 0.15) is 0 Å². The van der Waals surface area contributed by atoms with Crippen molar-refractivity contribution in [3.63, 3.8) is 0 Å². The first-order valence-corrected chi connectivity index (χ1v) is 7.49. The van der Waals surface area contributed by atoms with Gasteiger partial charge in [-0.05, 0) is 20.3 Å². The molecule has 0 aromatic carbocycles. The molecule has 0 saturated heterocycles. The second-order valence-electron chi connectivity index (χ2n) is 5.64. The zero-order valence-corrected chi connectivity index (χ0v) is 13.8. The highest BCUT2D eigenvalue weighted by Crippen LogP contribution is 2.24. The van der Waals surface area contributed by atoms with Crippen molar-refractivity contribution in [2.75, 3.05) is 0 Å². The molecule has 4 heteroatoms. The summed E-state index contributed by atoms with van der Waals surface area (Å²) in [6.07, 6.45) is 5.76. The number of esters is 2. The van der Waals surface area contributed by atoms with Gasteiger partial charge in [-0.15, -0.1) is 0 Å². The Labute approximate surface area is 128 Å². The van der Waals surface area contributed by atoms with Crippen LogP contribution in [0.2, 0.25) is 0 Å². The van der Waals surface area contributed by atoms with Crippen LogP contribution >= 0.6 is 0 Å². The van der Waals surface area contributed by atoms with E-state index in [1.807, 2.05) is 0 Å². The molecule has 21 heavy (non-hydrogen) atoms. The van der Waals surface area contributed by atoms with Crippen molar-refractivity contribution in [1.29, 1.82) is 0 Å². The Morgan fingerprint density at radius 2 is 1.33 bits per heavy atom. The van der Waals surface area contributed by atoms with E-state index in [0.29, 0.717) is 6.42 Å². The number of ether oxygens (including phenoxy) is 2. The number of unbranched alkanes of at least 4 members (excludes halogenated alkanes) is 4. The highest BCUT2D eigenvalue weighted by atomic mass is 16.7. The molecule has 0 fully saturated rings. The van der Waals surface area contributed by atoms with E-state index in [1.54, 1.807) is 20.8 Å². The molecule has 0 amide bonds. The fourth-order valence-electron chi connectivity index (χ4n) is 1.74. The quantitative estimate of drug-likeness (QED) is 0.261. The highest BCUT2D eigenvalue weighted by molar-refractivity contribution is 5.89. The van der Waals surface area contributed by atoms with Crippen molar-refractivity contribution in [2.24, 2.45) is 0 Å². The molecule has 0 spiro atoms. The lowest BCUT2D eigenvalue weighted by Gasteiger charge is -2.29. The molecular weight excluding hydrogens is 268 g/mol. The maximum atomic E-state index is 11.7. The third-order valence-corrected chi connectivity index (χ3v) is 3.05. The fraction of sp³-hybridized carbons (Fsp3) is 0.647. The predicted octanol–water partition coefficient (Wildman–Crippen LogP) is 4.30. The Balaban J connectivity index is 4.66. The number of carbonyl (C=O) groups excluding carboxylic acids is 2. The van der Waals surface area contributed by atoms with E-state index in [2.05, 4.69) is 20.1 Å². The van der Waals surface area contributed by atoms with Crippen molar-refractivity contribution in [3.8, 4) is 0 Å². The molecule has 0 aliphatic heterocycles. The molecule has 0 aliphatic rings. The molecule has 120 valence electrons. The van der Waals surface area contributed by atoms with Crippen molar-refractivity contribution >= 4 is 11.9 Å². The molecule has 0 aromatic heterocycles. The van der Waals surface area contributed by atoms with Crippen LogP contribution in [0, 0.1) is 0 Å². The molecule has 0 heterocycles. The van der Waals surface area contributed by atoms with Crippen LogP contribution in [0.3, 0.4) is 0 Å². The second kappa shape index (κ2) is 9.37. The third kappa shape index (κ3) is 8.33. The van der Waals surface area contributed by atoms with E-state index in [4.69, 9.17) is 9.47 Å². The summed E-state index contributed by atoms with van der Waals surface area (Å²) >= 11 is 0. The summed E-state index contributed by atoms with van der Waals surface area (Å²) in [4.78, 5) is 23.4. The molecule has 0 aliphatic carbocycles. The number of hydrogen-bond donors (Lipinski definition) is 0. The Hall–Kier alpha value is -1.58. The van der Waals surface area contributed by atoms with Crippen molar-refractivity contribution < 1.29 is 19.1 Å².